The van der Waals surface area contributed by atoms with Crippen molar-refractivity contribution >= 4 is 21.5 Å². The number of hydrogen-bond acceptors (Lipinski definition) is 1. The van der Waals surface area contributed by atoms with E-state index < -0.39 is 0 Å². The molecule has 0 amide bonds. The van der Waals surface area contributed by atoms with E-state index in [9.17, 15) is 0 Å². The van der Waals surface area contributed by atoms with Crippen molar-refractivity contribution in [3.8, 4) is 0 Å². The molecule has 0 aliphatic rings. The molecule has 1 heterocycles. The maximum atomic E-state index is 4.26. The van der Waals surface area contributed by atoms with Gasteiger partial charge in [-0.3, -0.25) is 4.68 Å². The topological polar surface area (TPSA) is 17.8 Å². The number of nitrogens with zero attached hydrogens (tertiary/aromatic N) is 2. The molecule has 0 bridgehead atoms. The van der Waals surface area contributed by atoms with Crippen LogP contribution in [0.25, 0.3) is 5.57 Å². The molecule has 13 heavy (non-hydrogen) atoms. The van der Waals surface area contributed by atoms with Crippen molar-refractivity contribution in [1.29, 1.82) is 0 Å². The molecule has 3 heteroatoms. The predicted octanol–water partition coefficient (Wildman–Crippen LogP) is 2.95. The molecule has 0 aliphatic carbocycles. The van der Waals surface area contributed by atoms with Gasteiger partial charge in [-0.25, -0.2) is 0 Å². The minimum absolute atomic E-state index is 0.613. The SMILES string of the molecule is C=C(CBr)c1ccnn1CC(C)C. The lowest BCUT2D eigenvalue weighted by atomic mass is 10.2. The molecule has 1 rings (SSSR count). The van der Waals surface area contributed by atoms with Gasteiger partial charge in [-0.15, -0.1) is 0 Å². The summed E-state index contributed by atoms with van der Waals surface area (Å²) >= 11 is 3.40. The van der Waals surface area contributed by atoms with E-state index in [-0.39, 0.29) is 0 Å². The zero-order chi connectivity index (χ0) is 9.84. The van der Waals surface area contributed by atoms with Gasteiger partial charge in [0.1, 0.15) is 0 Å². The van der Waals surface area contributed by atoms with Gasteiger partial charge in [0.25, 0.3) is 0 Å². The van der Waals surface area contributed by atoms with E-state index in [1.54, 1.807) is 0 Å². The van der Waals surface area contributed by atoms with Crippen LogP contribution in [0.1, 0.15) is 19.5 Å². The van der Waals surface area contributed by atoms with Crippen LogP contribution in [0, 0.1) is 5.92 Å². The highest BCUT2D eigenvalue weighted by atomic mass is 79.9. The van der Waals surface area contributed by atoms with Crippen LogP contribution in [-0.4, -0.2) is 15.1 Å². The highest BCUT2D eigenvalue weighted by Gasteiger charge is 2.06. The van der Waals surface area contributed by atoms with Crippen LogP contribution in [0.2, 0.25) is 0 Å². The summed E-state index contributed by atoms with van der Waals surface area (Å²) in [5, 5.41) is 5.06. The first kappa shape index (κ1) is 10.5. The number of halogens is 1. The van der Waals surface area contributed by atoms with Gasteiger partial charge in [-0.1, -0.05) is 36.4 Å². The average molecular weight is 243 g/mol. The quantitative estimate of drug-likeness (QED) is 0.743. The third-order valence-electron chi connectivity index (χ3n) is 1.78. The molecule has 0 saturated heterocycles. The molecule has 72 valence electrons. The molecular weight excluding hydrogens is 228 g/mol. The van der Waals surface area contributed by atoms with Gasteiger partial charge < -0.3 is 0 Å². The summed E-state index contributed by atoms with van der Waals surface area (Å²) in [6.45, 7) is 9.29. The van der Waals surface area contributed by atoms with Crippen molar-refractivity contribution in [2.24, 2.45) is 5.92 Å². The summed E-state index contributed by atoms with van der Waals surface area (Å²) in [5.74, 6) is 0.613. The van der Waals surface area contributed by atoms with E-state index in [0.29, 0.717) is 5.92 Å². The Hall–Kier alpha value is -0.570. The Bertz CT molecular complexity index is 289. The first-order chi connectivity index (χ1) is 6.15. The first-order valence-corrected chi connectivity index (χ1v) is 5.53. The molecule has 0 fully saturated rings. The highest BCUT2D eigenvalue weighted by molar-refractivity contribution is 9.09. The molecule has 0 spiro atoms. The average Bonchev–Trinajstić information content (AvgIpc) is 2.50. The highest BCUT2D eigenvalue weighted by Crippen LogP contribution is 2.15. The summed E-state index contributed by atoms with van der Waals surface area (Å²) < 4.78 is 2.01. The lowest BCUT2D eigenvalue weighted by Gasteiger charge is -2.09. The molecule has 0 N–H and O–H groups in total. The van der Waals surface area contributed by atoms with Crippen LogP contribution in [0.15, 0.2) is 18.8 Å². The normalized spacial score (nSPS) is 10.8. The van der Waals surface area contributed by atoms with E-state index >= 15 is 0 Å². The van der Waals surface area contributed by atoms with Gasteiger partial charge in [0.15, 0.2) is 0 Å². The van der Waals surface area contributed by atoms with Crippen LogP contribution in [0.4, 0.5) is 0 Å². The Morgan fingerprint density at radius 2 is 2.38 bits per heavy atom. The van der Waals surface area contributed by atoms with Gasteiger partial charge in [-0.05, 0) is 17.6 Å². The Kier molecular flexibility index (Phi) is 3.72. The number of hydrogen-bond donors (Lipinski definition) is 0. The molecular formula is C10H15BrN2. The number of allylic oxidation sites excluding steroid dienone is 1. The summed E-state index contributed by atoms with van der Waals surface area (Å²) in [6, 6.07) is 2.01. The van der Waals surface area contributed by atoms with E-state index in [0.717, 1.165) is 23.1 Å². The molecule has 0 unspecified atom stereocenters. The summed E-state index contributed by atoms with van der Waals surface area (Å²) in [4.78, 5) is 0. The Morgan fingerprint density at radius 3 is 2.92 bits per heavy atom. The summed E-state index contributed by atoms with van der Waals surface area (Å²) in [7, 11) is 0. The van der Waals surface area contributed by atoms with Crippen LogP contribution in [0.3, 0.4) is 0 Å². The van der Waals surface area contributed by atoms with Crippen molar-refractivity contribution in [3.63, 3.8) is 0 Å². The minimum Gasteiger partial charge on any atom is -0.265 e. The lowest BCUT2D eigenvalue weighted by molar-refractivity contribution is 0.480. The standard InChI is InChI=1S/C10H15BrN2/c1-8(2)7-13-10(4-5-12-13)9(3)6-11/h4-5,8H,3,6-7H2,1-2H3. The Labute approximate surface area is 87.8 Å². The fraction of sp³-hybridized carbons (Fsp3) is 0.500. The Balaban J connectivity index is 2.83. The van der Waals surface area contributed by atoms with Gasteiger partial charge in [-0.2, -0.15) is 5.10 Å². The molecule has 0 aliphatic heterocycles. The van der Waals surface area contributed by atoms with Crippen molar-refractivity contribution in [2.75, 3.05) is 5.33 Å². The second-order valence-electron chi connectivity index (χ2n) is 3.53. The van der Waals surface area contributed by atoms with Gasteiger partial charge in [0.2, 0.25) is 0 Å². The fourth-order valence-corrected chi connectivity index (χ4v) is 1.48. The zero-order valence-corrected chi connectivity index (χ0v) is 9.71. The summed E-state index contributed by atoms with van der Waals surface area (Å²) in [5.41, 5.74) is 2.21. The predicted molar refractivity (Wildman–Crippen MR) is 59.9 cm³/mol. The molecule has 2 nitrogen and oxygen atoms in total. The lowest BCUT2D eigenvalue weighted by Crippen LogP contribution is -2.09. The van der Waals surface area contributed by atoms with E-state index in [1.165, 1.54) is 0 Å². The Morgan fingerprint density at radius 1 is 1.69 bits per heavy atom. The van der Waals surface area contributed by atoms with Crippen molar-refractivity contribution in [3.05, 3.63) is 24.5 Å². The van der Waals surface area contributed by atoms with Gasteiger partial charge >= 0.3 is 0 Å². The number of rotatable bonds is 4. The van der Waals surface area contributed by atoms with Crippen molar-refractivity contribution in [2.45, 2.75) is 20.4 Å². The fourth-order valence-electron chi connectivity index (χ4n) is 1.19. The van der Waals surface area contributed by atoms with Crippen LogP contribution in [0.5, 0.6) is 0 Å². The van der Waals surface area contributed by atoms with Crippen LogP contribution >= 0.6 is 15.9 Å². The van der Waals surface area contributed by atoms with E-state index in [4.69, 9.17) is 0 Å². The van der Waals surface area contributed by atoms with Crippen LogP contribution in [-0.2, 0) is 6.54 Å². The van der Waals surface area contributed by atoms with E-state index in [2.05, 4.69) is 41.5 Å². The van der Waals surface area contributed by atoms with Crippen molar-refractivity contribution < 1.29 is 0 Å². The third kappa shape index (κ3) is 2.69. The largest absolute Gasteiger partial charge is 0.265 e. The molecule has 1 aromatic heterocycles. The smallest absolute Gasteiger partial charge is 0.0644 e. The monoisotopic (exact) mass is 242 g/mol. The molecule has 0 atom stereocenters. The molecule has 1 aromatic rings. The number of aromatic nitrogens is 2. The van der Waals surface area contributed by atoms with Gasteiger partial charge in [0.05, 0.1) is 5.69 Å². The van der Waals surface area contributed by atoms with E-state index in [1.807, 2.05) is 16.9 Å². The summed E-state index contributed by atoms with van der Waals surface area (Å²) in [6.07, 6.45) is 1.82. The maximum Gasteiger partial charge on any atom is 0.0644 e. The second-order valence-corrected chi connectivity index (χ2v) is 4.09. The number of alkyl halides is 1. The molecule has 0 aromatic carbocycles. The van der Waals surface area contributed by atoms with Crippen molar-refractivity contribution in [1.82, 2.24) is 9.78 Å². The molecule has 0 radical (unpaired) electrons. The van der Waals surface area contributed by atoms with Gasteiger partial charge in [0, 0.05) is 18.1 Å². The first-order valence-electron chi connectivity index (χ1n) is 4.41. The maximum absolute atomic E-state index is 4.26. The minimum atomic E-state index is 0.613. The second kappa shape index (κ2) is 4.61. The molecule has 0 saturated carbocycles. The zero-order valence-electron chi connectivity index (χ0n) is 8.13. The third-order valence-corrected chi connectivity index (χ3v) is 2.46. The van der Waals surface area contributed by atoms with Crippen LogP contribution < -0.4 is 0 Å².